The third kappa shape index (κ3) is 3.49. The van der Waals surface area contributed by atoms with Crippen LogP contribution in [0.15, 0.2) is 42.5 Å². The Bertz CT molecular complexity index is 684. The number of nitrogens with zero attached hydrogens (tertiary/aromatic N) is 1. The SMILES string of the molecule is COC(=O)c1cc(Oc2ccc(Cl)cc2)ccc1[N+](=O)[O-]. The van der Waals surface area contributed by atoms with E-state index in [1.54, 1.807) is 24.3 Å². The van der Waals surface area contributed by atoms with E-state index in [0.29, 0.717) is 10.8 Å². The number of methoxy groups -OCH3 is 1. The van der Waals surface area contributed by atoms with Gasteiger partial charge < -0.3 is 9.47 Å². The average molecular weight is 308 g/mol. The summed E-state index contributed by atoms with van der Waals surface area (Å²) in [6.07, 6.45) is 0. The summed E-state index contributed by atoms with van der Waals surface area (Å²) in [5.41, 5.74) is -0.515. The fourth-order valence-corrected chi connectivity index (χ4v) is 1.78. The fraction of sp³-hybridized carbons (Fsp3) is 0.0714. The molecule has 0 spiro atoms. The second-order valence-corrected chi connectivity index (χ2v) is 4.42. The minimum Gasteiger partial charge on any atom is -0.465 e. The van der Waals surface area contributed by atoms with Gasteiger partial charge in [0.05, 0.1) is 12.0 Å². The monoisotopic (exact) mass is 307 g/mol. The second kappa shape index (κ2) is 6.23. The summed E-state index contributed by atoms with van der Waals surface area (Å²) in [7, 11) is 1.15. The molecule has 0 atom stereocenters. The van der Waals surface area contributed by atoms with E-state index in [1.165, 1.54) is 18.2 Å². The molecule has 0 aliphatic rings. The molecule has 0 saturated heterocycles. The molecule has 2 aromatic carbocycles. The number of carbonyl (C=O) groups excluding carboxylic acids is 1. The van der Waals surface area contributed by atoms with Crippen molar-refractivity contribution in [2.24, 2.45) is 0 Å². The third-order valence-electron chi connectivity index (χ3n) is 2.62. The predicted molar refractivity (Wildman–Crippen MR) is 76.0 cm³/mol. The normalized spacial score (nSPS) is 10.0. The number of hydrogen-bond acceptors (Lipinski definition) is 5. The molecule has 0 heterocycles. The lowest BCUT2D eigenvalue weighted by atomic mass is 10.1. The first-order chi connectivity index (χ1) is 10.0. The van der Waals surface area contributed by atoms with Gasteiger partial charge in [-0.05, 0) is 30.3 Å². The first-order valence-electron chi connectivity index (χ1n) is 5.81. The molecule has 2 aromatic rings. The highest BCUT2D eigenvalue weighted by Gasteiger charge is 2.21. The lowest BCUT2D eigenvalue weighted by molar-refractivity contribution is -0.385. The number of nitro groups is 1. The molecule has 6 nitrogen and oxygen atoms in total. The van der Waals surface area contributed by atoms with Crippen LogP contribution < -0.4 is 4.74 Å². The number of halogens is 1. The standard InChI is InChI=1S/C14H10ClNO5/c1-20-14(17)12-8-11(6-7-13(12)16(18)19)21-10-4-2-9(15)3-5-10/h2-8H,1H3. The maximum absolute atomic E-state index is 11.6. The Morgan fingerprint density at radius 2 is 1.76 bits per heavy atom. The number of benzene rings is 2. The van der Waals surface area contributed by atoms with E-state index in [-0.39, 0.29) is 17.0 Å². The van der Waals surface area contributed by atoms with Gasteiger partial charge in [-0.3, -0.25) is 10.1 Å². The molecule has 2 rings (SSSR count). The number of carbonyl (C=O) groups is 1. The van der Waals surface area contributed by atoms with E-state index in [9.17, 15) is 14.9 Å². The van der Waals surface area contributed by atoms with Crippen molar-refractivity contribution in [1.29, 1.82) is 0 Å². The Hall–Kier alpha value is -2.60. The molecule has 0 aliphatic heterocycles. The van der Waals surface area contributed by atoms with Crippen molar-refractivity contribution in [3.8, 4) is 11.5 Å². The highest BCUT2D eigenvalue weighted by molar-refractivity contribution is 6.30. The van der Waals surface area contributed by atoms with Crippen LogP contribution in [0.5, 0.6) is 11.5 Å². The van der Waals surface area contributed by atoms with E-state index < -0.39 is 10.9 Å². The summed E-state index contributed by atoms with van der Waals surface area (Å²) >= 11 is 5.76. The molecule has 0 unspecified atom stereocenters. The van der Waals surface area contributed by atoms with Gasteiger partial charge in [-0.25, -0.2) is 4.79 Å². The van der Waals surface area contributed by atoms with Crippen molar-refractivity contribution in [2.75, 3.05) is 7.11 Å². The van der Waals surface area contributed by atoms with Crippen LogP contribution in [0.4, 0.5) is 5.69 Å². The lowest BCUT2D eigenvalue weighted by Crippen LogP contribution is -2.05. The molecular weight excluding hydrogens is 298 g/mol. The largest absolute Gasteiger partial charge is 0.465 e. The van der Waals surface area contributed by atoms with Crippen LogP contribution in [0.1, 0.15) is 10.4 Å². The topological polar surface area (TPSA) is 78.7 Å². The van der Waals surface area contributed by atoms with Gasteiger partial charge in [-0.2, -0.15) is 0 Å². The summed E-state index contributed by atoms with van der Waals surface area (Å²) in [5, 5.41) is 11.4. The maximum Gasteiger partial charge on any atom is 0.345 e. The molecule has 0 radical (unpaired) electrons. The van der Waals surface area contributed by atoms with E-state index >= 15 is 0 Å². The summed E-state index contributed by atoms with van der Waals surface area (Å²) in [6.45, 7) is 0. The first kappa shape index (κ1) is 14.8. The summed E-state index contributed by atoms with van der Waals surface area (Å²) in [4.78, 5) is 21.8. The van der Waals surface area contributed by atoms with Crippen molar-refractivity contribution >= 4 is 23.3 Å². The molecule has 0 N–H and O–H groups in total. The second-order valence-electron chi connectivity index (χ2n) is 3.98. The summed E-state index contributed by atoms with van der Waals surface area (Å²) in [6, 6.07) is 10.4. The molecule has 0 amide bonds. The Balaban J connectivity index is 2.35. The highest BCUT2D eigenvalue weighted by atomic mass is 35.5. The number of nitro benzene ring substituents is 1. The van der Waals surface area contributed by atoms with Crippen LogP contribution in [-0.4, -0.2) is 18.0 Å². The number of hydrogen-bond donors (Lipinski definition) is 0. The highest BCUT2D eigenvalue weighted by Crippen LogP contribution is 2.28. The zero-order valence-electron chi connectivity index (χ0n) is 10.9. The Labute approximate surface area is 125 Å². The van der Waals surface area contributed by atoms with Gasteiger partial charge in [0.1, 0.15) is 17.1 Å². The van der Waals surface area contributed by atoms with Crippen molar-refractivity contribution in [1.82, 2.24) is 0 Å². The van der Waals surface area contributed by atoms with Gasteiger partial charge in [0.25, 0.3) is 5.69 Å². The van der Waals surface area contributed by atoms with Crippen LogP contribution in [0.3, 0.4) is 0 Å². The Morgan fingerprint density at radius 1 is 1.14 bits per heavy atom. The molecule has 0 fully saturated rings. The summed E-state index contributed by atoms with van der Waals surface area (Å²) < 4.78 is 10.0. The van der Waals surface area contributed by atoms with Crippen molar-refractivity contribution in [3.63, 3.8) is 0 Å². The summed E-state index contributed by atoms with van der Waals surface area (Å²) in [5.74, 6) is -0.0318. The minimum absolute atomic E-state index is 0.172. The molecule has 21 heavy (non-hydrogen) atoms. The maximum atomic E-state index is 11.6. The minimum atomic E-state index is -0.803. The number of esters is 1. The van der Waals surface area contributed by atoms with E-state index in [1.807, 2.05) is 0 Å². The molecule has 0 bridgehead atoms. The molecule has 0 saturated carbocycles. The van der Waals surface area contributed by atoms with E-state index in [0.717, 1.165) is 7.11 Å². The lowest BCUT2D eigenvalue weighted by Gasteiger charge is -2.07. The van der Waals surface area contributed by atoms with Gasteiger partial charge >= 0.3 is 5.97 Å². The molecule has 0 aliphatic carbocycles. The van der Waals surface area contributed by atoms with Crippen molar-refractivity contribution in [3.05, 3.63) is 63.2 Å². The Morgan fingerprint density at radius 3 is 2.33 bits per heavy atom. The van der Waals surface area contributed by atoms with Crippen LogP contribution in [0, 0.1) is 10.1 Å². The average Bonchev–Trinajstić information content (AvgIpc) is 2.48. The predicted octanol–water partition coefficient (Wildman–Crippen LogP) is 3.83. The molecule has 7 heteroatoms. The van der Waals surface area contributed by atoms with Crippen LogP contribution in [0.2, 0.25) is 5.02 Å². The smallest absolute Gasteiger partial charge is 0.345 e. The van der Waals surface area contributed by atoms with Crippen molar-refractivity contribution in [2.45, 2.75) is 0 Å². The first-order valence-corrected chi connectivity index (χ1v) is 6.19. The van der Waals surface area contributed by atoms with Gasteiger partial charge in [-0.1, -0.05) is 11.6 Å². The molecular formula is C14H10ClNO5. The third-order valence-corrected chi connectivity index (χ3v) is 2.87. The number of rotatable bonds is 4. The van der Waals surface area contributed by atoms with Crippen LogP contribution >= 0.6 is 11.6 Å². The van der Waals surface area contributed by atoms with Gasteiger partial charge in [0.15, 0.2) is 0 Å². The fourth-order valence-electron chi connectivity index (χ4n) is 1.65. The van der Waals surface area contributed by atoms with Gasteiger partial charge in [-0.15, -0.1) is 0 Å². The van der Waals surface area contributed by atoms with Gasteiger partial charge in [0.2, 0.25) is 0 Å². The van der Waals surface area contributed by atoms with E-state index in [2.05, 4.69) is 4.74 Å². The zero-order chi connectivity index (χ0) is 15.4. The van der Waals surface area contributed by atoms with Gasteiger partial charge in [0, 0.05) is 17.2 Å². The number of ether oxygens (including phenoxy) is 2. The Kier molecular flexibility index (Phi) is 4.39. The zero-order valence-corrected chi connectivity index (χ0v) is 11.7. The molecule has 108 valence electrons. The molecule has 0 aromatic heterocycles. The van der Waals surface area contributed by atoms with E-state index in [4.69, 9.17) is 16.3 Å². The quantitative estimate of drug-likeness (QED) is 0.487. The van der Waals surface area contributed by atoms with Crippen molar-refractivity contribution < 1.29 is 19.2 Å². The van der Waals surface area contributed by atoms with Crippen LogP contribution in [0.25, 0.3) is 0 Å². The van der Waals surface area contributed by atoms with Crippen LogP contribution in [-0.2, 0) is 4.74 Å².